The Balaban J connectivity index is 1.37. The molecule has 0 unspecified atom stereocenters. The first-order chi connectivity index (χ1) is 10.3. The standard InChI is InChI=1S/C17H23N3O/c18-13-16-3-1-2-4-17(16)21-12-11-19-7-9-20(10-8-19)14-15-5-6-15/h1-4,15H,5-12,14H2. The molecule has 1 aromatic carbocycles. The van der Waals surface area contributed by atoms with Crippen LogP contribution in [0.3, 0.4) is 0 Å². The minimum Gasteiger partial charge on any atom is -0.491 e. The summed E-state index contributed by atoms with van der Waals surface area (Å²) >= 11 is 0. The van der Waals surface area contributed by atoms with Gasteiger partial charge in [-0.2, -0.15) is 5.26 Å². The number of piperazine rings is 1. The molecular formula is C17H23N3O. The van der Waals surface area contributed by atoms with Crippen LogP contribution in [0.2, 0.25) is 0 Å². The number of rotatable bonds is 6. The van der Waals surface area contributed by atoms with Crippen molar-refractivity contribution in [1.29, 1.82) is 5.26 Å². The van der Waals surface area contributed by atoms with E-state index < -0.39 is 0 Å². The summed E-state index contributed by atoms with van der Waals surface area (Å²) in [5.74, 6) is 1.69. The molecule has 1 saturated heterocycles. The van der Waals surface area contributed by atoms with E-state index in [9.17, 15) is 0 Å². The zero-order valence-electron chi connectivity index (χ0n) is 12.5. The Morgan fingerprint density at radius 3 is 2.52 bits per heavy atom. The largest absolute Gasteiger partial charge is 0.491 e. The zero-order chi connectivity index (χ0) is 14.5. The van der Waals surface area contributed by atoms with Gasteiger partial charge < -0.3 is 9.64 Å². The minimum atomic E-state index is 0.617. The van der Waals surface area contributed by atoms with Crippen molar-refractivity contribution in [3.05, 3.63) is 29.8 Å². The van der Waals surface area contributed by atoms with E-state index in [0.29, 0.717) is 17.9 Å². The molecule has 112 valence electrons. The maximum Gasteiger partial charge on any atom is 0.137 e. The Kier molecular flexibility index (Phi) is 4.74. The van der Waals surface area contributed by atoms with Gasteiger partial charge in [0.25, 0.3) is 0 Å². The first-order valence-corrected chi connectivity index (χ1v) is 7.92. The monoisotopic (exact) mass is 285 g/mol. The van der Waals surface area contributed by atoms with Crippen LogP contribution in [0.25, 0.3) is 0 Å². The number of hydrogen-bond donors (Lipinski definition) is 0. The predicted octanol–water partition coefficient (Wildman–Crippen LogP) is 1.96. The van der Waals surface area contributed by atoms with Gasteiger partial charge >= 0.3 is 0 Å². The highest BCUT2D eigenvalue weighted by atomic mass is 16.5. The van der Waals surface area contributed by atoms with E-state index in [-0.39, 0.29) is 0 Å². The van der Waals surface area contributed by atoms with Crippen molar-refractivity contribution in [2.75, 3.05) is 45.9 Å². The Hall–Kier alpha value is -1.57. The lowest BCUT2D eigenvalue weighted by Gasteiger charge is -2.34. The molecule has 1 saturated carbocycles. The van der Waals surface area contributed by atoms with Crippen molar-refractivity contribution < 1.29 is 4.74 Å². The summed E-state index contributed by atoms with van der Waals surface area (Å²) in [6.45, 7) is 7.54. The van der Waals surface area contributed by atoms with Gasteiger partial charge in [-0.15, -0.1) is 0 Å². The van der Waals surface area contributed by atoms with Gasteiger partial charge in [0.05, 0.1) is 5.56 Å². The molecule has 1 aliphatic heterocycles. The van der Waals surface area contributed by atoms with Crippen molar-refractivity contribution >= 4 is 0 Å². The van der Waals surface area contributed by atoms with Crippen molar-refractivity contribution in [3.63, 3.8) is 0 Å². The summed E-state index contributed by atoms with van der Waals surface area (Å²) in [4.78, 5) is 5.05. The summed E-state index contributed by atoms with van der Waals surface area (Å²) in [6.07, 6.45) is 2.87. The van der Waals surface area contributed by atoms with Gasteiger partial charge in [0, 0.05) is 39.3 Å². The van der Waals surface area contributed by atoms with Gasteiger partial charge in [-0.05, 0) is 30.9 Å². The van der Waals surface area contributed by atoms with E-state index in [1.807, 2.05) is 18.2 Å². The molecule has 0 N–H and O–H groups in total. The molecule has 0 atom stereocenters. The molecule has 1 aromatic rings. The summed E-state index contributed by atoms with van der Waals surface area (Å²) in [7, 11) is 0. The van der Waals surface area contributed by atoms with Crippen LogP contribution < -0.4 is 4.74 Å². The third-order valence-corrected chi connectivity index (χ3v) is 4.35. The summed E-state index contributed by atoms with van der Waals surface area (Å²) in [6, 6.07) is 9.61. The maximum absolute atomic E-state index is 9.03. The lowest BCUT2D eigenvalue weighted by molar-refractivity contribution is 0.114. The van der Waals surface area contributed by atoms with Gasteiger partial charge in [0.2, 0.25) is 0 Å². The number of benzene rings is 1. The summed E-state index contributed by atoms with van der Waals surface area (Å²) in [5.41, 5.74) is 0.617. The van der Waals surface area contributed by atoms with E-state index in [4.69, 9.17) is 10.00 Å². The molecule has 0 spiro atoms. The zero-order valence-corrected chi connectivity index (χ0v) is 12.5. The molecule has 3 rings (SSSR count). The summed E-state index contributed by atoms with van der Waals surface area (Å²) < 4.78 is 5.75. The molecule has 1 heterocycles. The van der Waals surface area contributed by atoms with E-state index in [1.54, 1.807) is 6.07 Å². The smallest absolute Gasteiger partial charge is 0.137 e. The number of nitriles is 1. The SMILES string of the molecule is N#Cc1ccccc1OCCN1CCN(CC2CC2)CC1. The molecule has 0 aromatic heterocycles. The van der Waals surface area contributed by atoms with Crippen LogP contribution >= 0.6 is 0 Å². The van der Waals surface area contributed by atoms with Crippen LogP contribution in [0.15, 0.2) is 24.3 Å². The fraction of sp³-hybridized carbons (Fsp3) is 0.588. The van der Waals surface area contributed by atoms with Gasteiger partial charge in [0.1, 0.15) is 18.4 Å². The normalized spacial score (nSPS) is 20.1. The lowest BCUT2D eigenvalue weighted by atomic mass is 10.2. The average Bonchev–Trinajstić information content (AvgIpc) is 3.33. The number of hydrogen-bond acceptors (Lipinski definition) is 4. The predicted molar refractivity (Wildman–Crippen MR) is 82.3 cm³/mol. The second-order valence-corrected chi connectivity index (χ2v) is 6.04. The lowest BCUT2D eigenvalue weighted by Crippen LogP contribution is -2.47. The molecule has 0 amide bonds. The third-order valence-electron chi connectivity index (χ3n) is 4.35. The number of para-hydroxylation sites is 1. The fourth-order valence-corrected chi connectivity index (χ4v) is 2.83. The van der Waals surface area contributed by atoms with Gasteiger partial charge in [0.15, 0.2) is 0 Å². The van der Waals surface area contributed by atoms with Crippen molar-refractivity contribution in [3.8, 4) is 11.8 Å². The molecule has 2 fully saturated rings. The Labute approximate surface area is 126 Å². The quantitative estimate of drug-likeness (QED) is 0.801. The fourth-order valence-electron chi connectivity index (χ4n) is 2.83. The van der Waals surface area contributed by atoms with Gasteiger partial charge in [-0.3, -0.25) is 4.90 Å². The van der Waals surface area contributed by atoms with Crippen LogP contribution in [0, 0.1) is 17.2 Å². The second kappa shape index (κ2) is 6.93. The molecule has 2 aliphatic rings. The molecule has 4 nitrogen and oxygen atoms in total. The topological polar surface area (TPSA) is 39.5 Å². The Morgan fingerprint density at radius 1 is 1.10 bits per heavy atom. The first kappa shape index (κ1) is 14.4. The maximum atomic E-state index is 9.03. The number of nitrogens with zero attached hydrogens (tertiary/aromatic N) is 3. The van der Waals surface area contributed by atoms with Crippen molar-refractivity contribution in [2.45, 2.75) is 12.8 Å². The second-order valence-electron chi connectivity index (χ2n) is 6.04. The van der Waals surface area contributed by atoms with E-state index in [0.717, 1.165) is 25.6 Å². The highest BCUT2D eigenvalue weighted by Gasteiger charge is 2.26. The Morgan fingerprint density at radius 2 is 1.81 bits per heavy atom. The third kappa shape index (κ3) is 4.20. The van der Waals surface area contributed by atoms with Crippen molar-refractivity contribution in [2.24, 2.45) is 5.92 Å². The summed E-state index contributed by atoms with van der Waals surface area (Å²) in [5, 5.41) is 9.03. The van der Waals surface area contributed by atoms with E-state index in [2.05, 4.69) is 15.9 Å². The van der Waals surface area contributed by atoms with Crippen LogP contribution in [0.1, 0.15) is 18.4 Å². The van der Waals surface area contributed by atoms with Gasteiger partial charge in [-0.1, -0.05) is 12.1 Å². The van der Waals surface area contributed by atoms with Crippen LogP contribution in [-0.2, 0) is 0 Å². The van der Waals surface area contributed by atoms with Crippen molar-refractivity contribution in [1.82, 2.24) is 9.80 Å². The molecular weight excluding hydrogens is 262 g/mol. The van der Waals surface area contributed by atoms with Crippen LogP contribution in [0.4, 0.5) is 0 Å². The van der Waals surface area contributed by atoms with Crippen LogP contribution in [0.5, 0.6) is 5.75 Å². The average molecular weight is 285 g/mol. The highest BCUT2D eigenvalue weighted by Crippen LogP contribution is 2.29. The first-order valence-electron chi connectivity index (χ1n) is 7.92. The Bertz CT molecular complexity index is 499. The van der Waals surface area contributed by atoms with Crippen LogP contribution in [-0.4, -0.2) is 55.7 Å². The molecule has 1 aliphatic carbocycles. The molecule has 21 heavy (non-hydrogen) atoms. The molecule has 0 radical (unpaired) electrons. The minimum absolute atomic E-state index is 0.617. The number of ether oxygens (including phenoxy) is 1. The highest BCUT2D eigenvalue weighted by molar-refractivity contribution is 5.42. The molecule has 4 heteroatoms. The van der Waals surface area contributed by atoms with E-state index >= 15 is 0 Å². The van der Waals surface area contributed by atoms with Gasteiger partial charge in [-0.25, -0.2) is 0 Å². The molecule has 0 bridgehead atoms. The van der Waals surface area contributed by atoms with E-state index in [1.165, 1.54) is 32.5 Å².